The standard InChI is InChI=1S/C28H34N6O4/c1-4-30-27(35)31-21-7-5-20(6-8-21)25-32-24-23(26(33-25)34-14-16-36-17-19(34)2)18-38-28(24,3)11-15-37-22-9-12-29-13-10-22/h5-10,12-13,19H,4,11,14-18H2,1-3H3,(H2,30,31,35)/t19-,28-/m0/s1. The van der Waals surface area contributed by atoms with E-state index in [-0.39, 0.29) is 12.1 Å². The molecule has 2 N–H and O–H groups in total. The SMILES string of the molecule is CCNC(=O)Nc1ccc(-c2nc(N3CCOC[C@@H]3C)c3c(n2)[C@](C)(CCOc2ccncc2)OC3)cc1. The van der Waals surface area contributed by atoms with Crippen molar-refractivity contribution in [1.82, 2.24) is 20.3 Å². The maximum Gasteiger partial charge on any atom is 0.319 e. The van der Waals surface area contributed by atoms with Gasteiger partial charge in [0.15, 0.2) is 5.82 Å². The molecule has 10 heteroatoms. The highest BCUT2D eigenvalue weighted by Gasteiger charge is 2.41. The van der Waals surface area contributed by atoms with Gasteiger partial charge in [-0.25, -0.2) is 14.8 Å². The van der Waals surface area contributed by atoms with Gasteiger partial charge in [-0.2, -0.15) is 0 Å². The minimum absolute atomic E-state index is 0.182. The Bertz CT molecular complexity index is 1260. The number of benzene rings is 1. The van der Waals surface area contributed by atoms with Crippen LogP contribution >= 0.6 is 0 Å². The molecule has 200 valence electrons. The molecule has 2 aliphatic heterocycles. The van der Waals surface area contributed by atoms with E-state index in [2.05, 4.69) is 34.4 Å². The number of nitrogens with one attached hydrogen (secondary N) is 2. The van der Waals surface area contributed by atoms with Crippen molar-refractivity contribution < 1.29 is 19.0 Å². The van der Waals surface area contributed by atoms with Gasteiger partial charge in [0.2, 0.25) is 0 Å². The average Bonchev–Trinajstić information content (AvgIpc) is 3.26. The summed E-state index contributed by atoms with van der Waals surface area (Å²) in [5.41, 5.74) is 2.84. The van der Waals surface area contributed by atoms with Crippen LogP contribution in [0.2, 0.25) is 0 Å². The topological polar surface area (TPSA) is 111 Å². The van der Waals surface area contributed by atoms with E-state index < -0.39 is 5.60 Å². The Balaban J connectivity index is 1.45. The summed E-state index contributed by atoms with van der Waals surface area (Å²) < 4.78 is 18.0. The number of amides is 2. The van der Waals surface area contributed by atoms with Crippen molar-refractivity contribution in [3.05, 3.63) is 60.0 Å². The number of carbonyl (C=O) groups is 1. The molecule has 0 spiro atoms. The van der Waals surface area contributed by atoms with Crippen molar-refractivity contribution in [3.63, 3.8) is 0 Å². The summed E-state index contributed by atoms with van der Waals surface area (Å²) in [6, 6.07) is 11.2. The first-order chi connectivity index (χ1) is 18.5. The first kappa shape index (κ1) is 25.9. The van der Waals surface area contributed by atoms with Gasteiger partial charge in [-0.05, 0) is 57.2 Å². The molecule has 1 aromatic carbocycles. The molecule has 2 aromatic heterocycles. The largest absolute Gasteiger partial charge is 0.493 e. The van der Waals surface area contributed by atoms with Crippen molar-refractivity contribution in [1.29, 1.82) is 0 Å². The first-order valence-corrected chi connectivity index (χ1v) is 13.0. The van der Waals surface area contributed by atoms with Crippen molar-refractivity contribution in [2.75, 3.05) is 43.1 Å². The fourth-order valence-corrected chi connectivity index (χ4v) is 4.78. The molecule has 10 nitrogen and oxygen atoms in total. The van der Waals surface area contributed by atoms with Gasteiger partial charge in [-0.15, -0.1) is 0 Å². The molecule has 1 saturated heterocycles. The van der Waals surface area contributed by atoms with E-state index in [0.29, 0.717) is 50.9 Å². The van der Waals surface area contributed by atoms with Crippen molar-refractivity contribution in [2.24, 2.45) is 0 Å². The predicted molar refractivity (Wildman–Crippen MR) is 144 cm³/mol. The second kappa shape index (κ2) is 11.3. The van der Waals surface area contributed by atoms with Gasteiger partial charge in [0.1, 0.15) is 17.2 Å². The van der Waals surface area contributed by atoms with Gasteiger partial charge >= 0.3 is 6.03 Å². The van der Waals surface area contributed by atoms with Gasteiger partial charge in [0.25, 0.3) is 0 Å². The molecular weight excluding hydrogens is 484 g/mol. The molecule has 0 bridgehead atoms. The van der Waals surface area contributed by atoms with E-state index in [0.717, 1.165) is 34.9 Å². The number of rotatable bonds is 8. The highest BCUT2D eigenvalue weighted by molar-refractivity contribution is 5.89. The zero-order valence-corrected chi connectivity index (χ0v) is 22.1. The lowest BCUT2D eigenvalue weighted by Crippen LogP contribution is -2.44. The van der Waals surface area contributed by atoms with Crippen LogP contribution in [0.4, 0.5) is 16.3 Å². The highest BCUT2D eigenvalue weighted by atomic mass is 16.5. The molecule has 0 aliphatic carbocycles. The molecule has 2 aliphatic rings. The summed E-state index contributed by atoms with van der Waals surface area (Å²) in [6.07, 6.45) is 4.06. The summed E-state index contributed by atoms with van der Waals surface area (Å²) >= 11 is 0. The van der Waals surface area contributed by atoms with Crippen LogP contribution in [0.25, 0.3) is 11.4 Å². The van der Waals surface area contributed by atoms with E-state index in [1.165, 1.54) is 0 Å². The molecular formula is C28H34N6O4. The van der Waals surface area contributed by atoms with Crippen molar-refractivity contribution in [2.45, 2.75) is 45.4 Å². The minimum atomic E-state index is -0.621. The Morgan fingerprint density at radius 2 is 1.97 bits per heavy atom. The molecule has 0 radical (unpaired) electrons. The zero-order chi connectivity index (χ0) is 26.5. The van der Waals surface area contributed by atoms with Gasteiger partial charge in [-0.1, -0.05) is 0 Å². The lowest BCUT2D eigenvalue weighted by molar-refractivity contribution is -0.0391. The summed E-state index contributed by atoms with van der Waals surface area (Å²) in [6.45, 7) is 9.61. The van der Waals surface area contributed by atoms with E-state index in [1.807, 2.05) is 43.3 Å². The van der Waals surface area contributed by atoms with E-state index in [9.17, 15) is 4.79 Å². The highest BCUT2D eigenvalue weighted by Crippen LogP contribution is 2.43. The lowest BCUT2D eigenvalue weighted by atomic mass is 9.96. The van der Waals surface area contributed by atoms with Crippen LogP contribution in [-0.2, 0) is 21.7 Å². The van der Waals surface area contributed by atoms with Crippen LogP contribution in [0.5, 0.6) is 5.75 Å². The quantitative estimate of drug-likeness (QED) is 0.458. The fourth-order valence-electron chi connectivity index (χ4n) is 4.78. The van der Waals surface area contributed by atoms with Gasteiger partial charge < -0.3 is 29.7 Å². The van der Waals surface area contributed by atoms with Gasteiger partial charge in [0.05, 0.1) is 38.2 Å². The number of aromatic nitrogens is 3. The fraction of sp³-hybridized carbons (Fsp3) is 0.429. The second-order valence-corrected chi connectivity index (χ2v) is 9.68. The molecule has 1 fully saturated rings. The Hall–Kier alpha value is -3.76. The molecule has 2 amide bonds. The predicted octanol–water partition coefficient (Wildman–Crippen LogP) is 4.12. The summed E-state index contributed by atoms with van der Waals surface area (Å²) in [5.74, 6) is 2.28. The molecule has 0 saturated carbocycles. The summed E-state index contributed by atoms with van der Waals surface area (Å²) in [7, 11) is 0. The molecule has 4 heterocycles. The van der Waals surface area contributed by atoms with Crippen LogP contribution in [0.3, 0.4) is 0 Å². The maximum absolute atomic E-state index is 11.9. The Labute approximate surface area is 222 Å². The third-order valence-corrected chi connectivity index (χ3v) is 6.90. The van der Waals surface area contributed by atoms with E-state index >= 15 is 0 Å². The molecule has 5 rings (SSSR count). The maximum atomic E-state index is 11.9. The number of ether oxygens (including phenoxy) is 3. The number of nitrogens with zero attached hydrogens (tertiary/aromatic N) is 4. The van der Waals surface area contributed by atoms with Gasteiger partial charge in [-0.3, -0.25) is 4.98 Å². The van der Waals surface area contributed by atoms with Crippen LogP contribution in [0, 0.1) is 0 Å². The summed E-state index contributed by atoms with van der Waals surface area (Å²) in [5, 5.41) is 5.57. The van der Waals surface area contributed by atoms with Crippen LogP contribution in [-0.4, -0.2) is 59.9 Å². The summed E-state index contributed by atoms with van der Waals surface area (Å²) in [4.78, 5) is 28.3. The minimum Gasteiger partial charge on any atom is -0.493 e. The number of pyridine rings is 1. The molecule has 38 heavy (non-hydrogen) atoms. The Morgan fingerprint density at radius 3 is 2.71 bits per heavy atom. The van der Waals surface area contributed by atoms with Crippen LogP contribution < -0.4 is 20.3 Å². The second-order valence-electron chi connectivity index (χ2n) is 9.68. The zero-order valence-electron chi connectivity index (χ0n) is 22.1. The number of hydrogen-bond donors (Lipinski definition) is 2. The van der Waals surface area contributed by atoms with Gasteiger partial charge in [0, 0.05) is 48.7 Å². The van der Waals surface area contributed by atoms with E-state index in [4.69, 9.17) is 24.2 Å². The monoisotopic (exact) mass is 518 g/mol. The first-order valence-electron chi connectivity index (χ1n) is 13.0. The number of anilines is 2. The van der Waals surface area contributed by atoms with E-state index in [1.54, 1.807) is 12.4 Å². The number of carbonyl (C=O) groups excluding carboxylic acids is 1. The number of urea groups is 1. The Morgan fingerprint density at radius 1 is 1.18 bits per heavy atom. The number of morpholine rings is 1. The normalized spacial score (nSPS) is 20.6. The smallest absolute Gasteiger partial charge is 0.319 e. The molecule has 2 atom stereocenters. The number of hydrogen-bond acceptors (Lipinski definition) is 8. The average molecular weight is 519 g/mol. The van der Waals surface area contributed by atoms with Crippen LogP contribution in [0.1, 0.15) is 38.4 Å². The van der Waals surface area contributed by atoms with Crippen molar-refractivity contribution >= 4 is 17.5 Å². The molecule has 3 aromatic rings. The third kappa shape index (κ3) is 5.56. The lowest BCUT2D eigenvalue weighted by Gasteiger charge is -2.35. The third-order valence-electron chi connectivity index (χ3n) is 6.90. The Kier molecular flexibility index (Phi) is 7.71. The molecule has 0 unspecified atom stereocenters. The van der Waals surface area contributed by atoms with Crippen molar-refractivity contribution in [3.8, 4) is 17.1 Å². The number of fused-ring (bicyclic) bond motifs is 1. The van der Waals surface area contributed by atoms with Crippen LogP contribution in [0.15, 0.2) is 48.8 Å².